The summed E-state index contributed by atoms with van der Waals surface area (Å²) in [5, 5.41) is 20.2. The van der Waals surface area contributed by atoms with Gasteiger partial charge in [0.25, 0.3) is 0 Å². The van der Waals surface area contributed by atoms with Crippen molar-refractivity contribution in [2.75, 3.05) is 0 Å². The predicted molar refractivity (Wildman–Crippen MR) is 407 cm³/mol. The molecule has 5 aromatic rings. The van der Waals surface area contributed by atoms with Crippen molar-refractivity contribution in [3.8, 4) is 22.3 Å². The Kier molecular flexibility index (Phi) is 35.6. The average Bonchev–Trinajstić information content (AvgIpc) is 1.50. The van der Waals surface area contributed by atoms with E-state index in [0.717, 1.165) is 138 Å². The van der Waals surface area contributed by atoms with Gasteiger partial charge in [-0.3, -0.25) is 0 Å². The van der Waals surface area contributed by atoms with E-state index in [2.05, 4.69) is 81.4 Å². The van der Waals surface area contributed by atoms with E-state index in [0.29, 0.717) is 33.3 Å². The van der Waals surface area contributed by atoms with E-state index in [4.69, 9.17) is 29.9 Å². The fourth-order valence-corrected chi connectivity index (χ4v) is 51.4. The van der Waals surface area contributed by atoms with Gasteiger partial charge in [0, 0.05) is 0 Å². The molecule has 7 rings (SSSR count). The van der Waals surface area contributed by atoms with Gasteiger partial charge in [0.15, 0.2) is 0 Å². The molecule has 0 spiro atoms. The Morgan fingerprint density at radius 3 is 0.723 bits per heavy atom. The minimum Gasteiger partial charge on any atom is -0.0654 e. The number of benzene rings is 3. The van der Waals surface area contributed by atoms with Gasteiger partial charge in [0.05, 0.1) is 0 Å². The zero-order valence-electron chi connectivity index (χ0n) is 62.7. The molecule has 0 fully saturated rings. The van der Waals surface area contributed by atoms with Crippen LogP contribution in [0.15, 0.2) is 21.4 Å². The van der Waals surface area contributed by atoms with Crippen LogP contribution in [0.4, 0.5) is 8.78 Å². The van der Waals surface area contributed by atoms with Crippen LogP contribution in [0.2, 0.25) is 26.6 Å². The van der Waals surface area contributed by atoms with Crippen molar-refractivity contribution in [3.05, 3.63) is 46.0 Å². The summed E-state index contributed by atoms with van der Waals surface area (Å²) >= 11 is -6.82. The van der Waals surface area contributed by atoms with E-state index in [9.17, 15) is 0 Å². The molecule has 6 nitrogen and oxygen atoms in total. The van der Waals surface area contributed by atoms with E-state index in [1.807, 2.05) is 0 Å². The second kappa shape index (κ2) is 42.2. The zero-order valence-corrected chi connectivity index (χ0v) is 68.4. The van der Waals surface area contributed by atoms with Crippen LogP contribution >= 0.6 is 0 Å². The Balaban J connectivity index is 1.61. The number of unbranched alkanes of at least 4 members (excludes halogenated alkanes) is 34. The fourth-order valence-electron chi connectivity index (χ4n) is 18.5. The Labute approximate surface area is 583 Å². The van der Waals surface area contributed by atoms with Crippen molar-refractivity contribution in [2.45, 2.75) is 415 Å². The van der Waals surface area contributed by atoms with E-state index in [-0.39, 0.29) is 11.6 Å². The van der Waals surface area contributed by atoms with Crippen LogP contribution in [0, 0.1) is 11.6 Å². The van der Waals surface area contributed by atoms with E-state index in [1.54, 1.807) is 0 Å². The topological polar surface area (TPSA) is 77.8 Å². The molecule has 3 aromatic carbocycles. The molecule has 0 atom stereocenters. The summed E-state index contributed by atoms with van der Waals surface area (Å²) in [7, 11) is 0. The minimum absolute atomic E-state index is 0.185. The fraction of sp³-hybridized carbons (Fsp3) is 0.786. The molecule has 94 heavy (non-hydrogen) atoms. The molecule has 2 aliphatic rings. The molecule has 0 saturated heterocycles. The Bertz CT molecular complexity index is 2670. The number of hydrogen-bond donors (Lipinski definition) is 0. The van der Waals surface area contributed by atoms with Gasteiger partial charge in [-0.25, -0.2) is 0 Å². The summed E-state index contributed by atoms with van der Waals surface area (Å²) in [5.74, 6) is -0.370. The quantitative estimate of drug-likeness (QED) is 0.0285. The molecule has 0 N–H and O–H groups in total. The maximum atomic E-state index is 21.0. The first-order chi connectivity index (χ1) is 46.1. The molecule has 530 valence electrons. The first-order valence-corrected chi connectivity index (χ1v) is 56.2. The smallest absolute Gasteiger partial charge is 0.0654 e. The number of aromatic nitrogens is 4. The first-order valence-electron chi connectivity index (χ1n) is 41.3. The van der Waals surface area contributed by atoms with Gasteiger partial charge in [-0.05, 0) is 0 Å². The van der Waals surface area contributed by atoms with Crippen molar-refractivity contribution in [1.82, 2.24) is 20.6 Å². The summed E-state index contributed by atoms with van der Waals surface area (Å²) < 4.78 is 64.7. The van der Waals surface area contributed by atoms with Crippen molar-refractivity contribution in [1.29, 1.82) is 0 Å². The second-order valence-corrected chi connectivity index (χ2v) is 57.2. The SMILES string of the molecule is CCCCCCCCCCC1(CCCCCCCCCC)c2c[c]([Sn]([CH2]CCC)([CH2]CCC)[CH2]CCC)c3nonc3c2-c2c(F)c3c(c(F)c21)-c1c(c[c]([Sn]([CH2]CCC)([CH2]CCC)[CH2]CCC)c2nonc12)C3(CCCCCCCCCC)CCCCCCCCCC. The summed E-state index contributed by atoms with van der Waals surface area (Å²) in [6.45, 7) is 23.4. The molecule has 0 saturated carbocycles. The third-order valence-corrected chi connectivity index (χ3v) is 55.1. The van der Waals surface area contributed by atoms with Gasteiger partial charge in [-0.15, -0.1) is 0 Å². The second-order valence-electron chi connectivity index (χ2n) is 31.0. The summed E-state index contributed by atoms with van der Waals surface area (Å²) in [6.07, 6.45) is 55.7. The van der Waals surface area contributed by atoms with E-state index >= 15 is 8.78 Å². The van der Waals surface area contributed by atoms with Crippen molar-refractivity contribution < 1.29 is 18.0 Å². The number of halogens is 2. The summed E-state index contributed by atoms with van der Waals surface area (Å²) in [6, 6.07) is 5.25. The monoisotopic (exact) mass is 1510 g/mol. The van der Waals surface area contributed by atoms with E-state index in [1.165, 1.54) is 238 Å². The molecule has 0 radical (unpaired) electrons. The molecule has 0 amide bonds. The summed E-state index contributed by atoms with van der Waals surface area (Å²) in [4.78, 5) is 0. The third-order valence-electron chi connectivity index (χ3n) is 24.0. The number of fused-ring (bicyclic) bond motifs is 10. The Hall–Kier alpha value is -2.08. The van der Waals surface area contributed by atoms with Crippen LogP contribution < -0.4 is 7.16 Å². The number of rotatable bonds is 56. The standard InChI is InChI=1S/C60H86F2N4O2.6C4H9.2Sn/c1-5-9-13-17-21-25-29-33-41-59(42-34-30-26-22-18-14-10-6-2)45-37-39-47-57(65-67-63-47)49(45)51-53(59)55(61)52-50-46(38-40-48-58(50)66-68-64-48)60(54(52)56(51)62,43-35-31-27-23-19-15-11-7-3)44-36-32-28-24-20-16-12-8-4;6*1-3-4-2;;/h37-38H,5-36,41-44H2,1-4H3;6*1,3-4H2,2H3;;. The van der Waals surface area contributed by atoms with Crippen LogP contribution in [0.5, 0.6) is 0 Å². The number of nitrogens with zero attached hydrogens (tertiary/aromatic N) is 4. The molecule has 2 aromatic heterocycles. The minimum atomic E-state index is -3.41. The zero-order chi connectivity index (χ0) is 67.1. The van der Waals surface area contributed by atoms with Crippen molar-refractivity contribution in [3.63, 3.8) is 0 Å². The average molecular weight is 1510 g/mol. The van der Waals surface area contributed by atoms with Gasteiger partial charge < -0.3 is 0 Å². The molecule has 0 bridgehead atoms. The number of hydrogen-bond acceptors (Lipinski definition) is 6. The molecule has 0 aliphatic heterocycles. The molecular formula is C84H140F2N4O2Sn2. The van der Waals surface area contributed by atoms with Crippen LogP contribution in [0.25, 0.3) is 44.3 Å². The normalized spacial score (nSPS) is 14.1. The van der Waals surface area contributed by atoms with Gasteiger partial charge in [-0.1, -0.05) is 53.4 Å². The molecule has 2 aliphatic carbocycles. The van der Waals surface area contributed by atoms with Crippen LogP contribution in [0.3, 0.4) is 0 Å². The van der Waals surface area contributed by atoms with E-state index < -0.39 is 47.6 Å². The van der Waals surface area contributed by atoms with Gasteiger partial charge >= 0.3 is 534 Å². The maximum absolute atomic E-state index is 21.0. The molecule has 2 heterocycles. The Morgan fingerprint density at radius 2 is 0.489 bits per heavy atom. The third kappa shape index (κ3) is 19.3. The molecule has 0 unspecified atom stereocenters. The Morgan fingerprint density at radius 1 is 0.277 bits per heavy atom. The van der Waals surface area contributed by atoms with Crippen LogP contribution in [0.1, 0.15) is 400 Å². The van der Waals surface area contributed by atoms with Crippen molar-refractivity contribution >= 4 is 66.0 Å². The van der Waals surface area contributed by atoms with Crippen LogP contribution in [-0.2, 0) is 10.8 Å². The molecular weight excluding hydrogens is 1370 g/mol. The van der Waals surface area contributed by atoms with Crippen LogP contribution in [-0.4, -0.2) is 57.4 Å². The predicted octanol–water partition coefficient (Wildman–Crippen LogP) is 27.8. The van der Waals surface area contributed by atoms with Gasteiger partial charge in [0.2, 0.25) is 0 Å². The first kappa shape index (κ1) is 79.2. The van der Waals surface area contributed by atoms with Gasteiger partial charge in [-0.2, -0.15) is 0 Å². The molecule has 10 heteroatoms. The summed E-state index contributed by atoms with van der Waals surface area (Å²) in [5.41, 5.74) is 7.90. The van der Waals surface area contributed by atoms with Gasteiger partial charge in [0.1, 0.15) is 0 Å². The van der Waals surface area contributed by atoms with Crippen molar-refractivity contribution in [2.24, 2.45) is 0 Å².